The van der Waals surface area contributed by atoms with Crippen LogP contribution < -0.4 is 0 Å². The first-order valence-electron chi connectivity index (χ1n) is 7.31. The van der Waals surface area contributed by atoms with Crippen LogP contribution >= 0.6 is 0 Å². The highest BCUT2D eigenvalue weighted by Gasteiger charge is 2.30. The molecule has 2 heterocycles. The minimum absolute atomic E-state index is 0.0292. The molecule has 1 saturated heterocycles. The standard InChI is InChI=1S/C16H19FN4O/c1-11-3-4-12(17)9-13(11)16(22)21-8-7-20(2)14(10-21)15-18-5-6-19-15/h3-6,9,14H,7-8,10H2,1-2H3,(H,18,19)/t14-/m1/s1. The molecule has 0 unspecified atom stereocenters. The predicted octanol–water partition coefficient (Wildman–Crippen LogP) is 1.99. The number of piperazine rings is 1. The Kier molecular flexibility index (Phi) is 3.94. The first-order chi connectivity index (χ1) is 10.6. The number of H-pyrrole nitrogens is 1. The van der Waals surface area contributed by atoms with E-state index in [-0.39, 0.29) is 17.8 Å². The maximum atomic E-state index is 13.4. The molecule has 2 aromatic rings. The summed E-state index contributed by atoms with van der Waals surface area (Å²) in [6.45, 7) is 3.75. The van der Waals surface area contributed by atoms with E-state index in [1.165, 1.54) is 12.1 Å². The van der Waals surface area contributed by atoms with Crippen molar-refractivity contribution in [2.75, 3.05) is 26.7 Å². The van der Waals surface area contributed by atoms with E-state index in [2.05, 4.69) is 14.9 Å². The summed E-state index contributed by atoms with van der Waals surface area (Å²) >= 11 is 0. The second kappa shape index (κ2) is 5.88. The number of carbonyl (C=O) groups excluding carboxylic acids is 1. The van der Waals surface area contributed by atoms with Crippen molar-refractivity contribution < 1.29 is 9.18 Å². The number of nitrogens with zero attached hydrogens (tertiary/aromatic N) is 3. The average molecular weight is 302 g/mol. The highest BCUT2D eigenvalue weighted by molar-refractivity contribution is 5.95. The summed E-state index contributed by atoms with van der Waals surface area (Å²) in [4.78, 5) is 24.0. The number of aryl methyl sites for hydroxylation is 1. The summed E-state index contributed by atoms with van der Waals surface area (Å²) in [6.07, 6.45) is 3.49. The molecule has 6 heteroatoms. The fourth-order valence-corrected chi connectivity index (χ4v) is 2.81. The number of hydrogen-bond donors (Lipinski definition) is 1. The molecule has 1 atom stereocenters. The van der Waals surface area contributed by atoms with E-state index in [0.29, 0.717) is 18.7 Å². The van der Waals surface area contributed by atoms with Crippen molar-refractivity contribution in [3.05, 3.63) is 53.4 Å². The lowest BCUT2D eigenvalue weighted by Gasteiger charge is -2.38. The van der Waals surface area contributed by atoms with Crippen LogP contribution in [0, 0.1) is 12.7 Å². The third-order valence-electron chi connectivity index (χ3n) is 4.20. The van der Waals surface area contributed by atoms with E-state index in [9.17, 15) is 9.18 Å². The predicted molar refractivity (Wildman–Crippen MR) is 81.0 cm³/mol. The molecule has 1 aromatic carbocycles. The van der Waals surface area contributed by atoms with Gasteiger partial charge in [-0.25, -0.2) is 9.37 Å². The monoisotopic (exact) mass is 302 g/mol. The van der Waals surface area contributed by atoms with Gasteiger partial charge in [-0.3, -0.25) is 9.69 Å². The lowest BCUT2D eigenvalue weighted by molar-refractivity contribution is 0.0533. The third-order valence-corrected chi connectivity index (χ3v) is 4.20. The van der Waals surface area contributed by atoms with Gasteiger partial charge in [0.1, 0.15) is 11.6 Å². The molecule has 5 nitrogen and oxygen atoms in total. The van der Waals surface area contributed by atoms with Crippen LogP contribution in [0.1, 0.15) is 27.8 Å². The fourth-order valence-electron chi connectivity index (χ4n) is 2.81. The highest BCUT2D eigenvalue weighted by Crippen LogP contribution is 2.23. The Labute approximate surface area is 128 Å². The SMILES string of the molecule is Cc1ccc(F)cc1C(=O)N1CCN(C)[C@@H](c2ncc[nH]2)C1. The van der Waals surface area contributed by atoms with Crippen molar-refractivity contribution in [3.8, 4) is 0 Å². The van der Waals surface area contributed by atoms with E-state index < -0.39 is 0 Å². The number of rotatable bonds is 2. The number of benzene rings is 1. The zero-order valence-corrected chi connectivity index (χ0v) is 12.7. The molecule has 0 saturated carbocycles. The van der Waals surface area contributed by atoms with Gasteiger partial charge in [0.25, 0.3) is 5.91 Å². The van der Waals surface area contributed by atoms with E-state index in [0.717, 1.165) is 17.9 Å². The highest BCUT2D eigenvalue weighted by atomic mass is 19.1. The molecular formula is C16H19FN4O. The number of carbonyl (C=O) groups is 1. The maximum Gasteiger partial charge on any atom is 0.254 e. The Hall–Kier alpha value is -2.21. The van der Waals surface area contributed by atoms with Crippen molar-refractivity contribution in [1.82, 2.24) is 19.8 Å². The van der Waals surface area contributed by atoms with E-state index in [1.54, 1.807) is 23.4 Å². The van der Waals surface area contributed by atoms with Gasteiger partial charge in [0.2, 0.25) is 0 Å². The van der Waals surface area contributed by atoms with Crippen LogP contribution in [0.25, 0.3) is 0 Å². The van der Waals surface area contributed by atoms with Crippen LogP contribution in [0.15, 0.2) is 30.6 Å². The zero-order chi connectivity index (χ0) is 15.7. The van der Waals surface area contributed by atoms with Crippen LogP contribution in [0.2, 0.25) is 0 Å². The molecule has 0 radical (unpaired) electrons. The molecule has 1 aromatic heterocycles. The number of nitrogens with one attached hydrogen (secondary N) is 1. The van der Waals surface area contributed by atoms with Gasteiger partial charge in [-0.1, -0.05) is 6.07 Å². The Balaban J connectivity index is 1.83. The fraction of sp³-hybridized carbons (Fsp3) is 0.375. The Bertz CT molecular complexity index is 671. The van der Waals surface area contributed by atoms with Crippen molar-refractivity contribution in [1.29, 1.82) is 0 Å². The maximum absolute atomic E-state index is 13.4. The quantitative estimate of drug-likeness (QED) is 0.923. The van der Waals surface area contributed by atoms with Crippen molar-refractivity contribution in [2.45, 2.75) is 13.0 Å². The van der Waals surface area contributed by atoms with Gasteiger partial charge in [0.15, 0.2) is 0 Å². The molecule has 0 bridgehead atoms. The summed E-state index contributed by atoms with van der Waals surface area (Å²) in [5.74, 6) is 0.336. The molecule has 1 N–H and O–H groups in total. The first kappa shape index (κ1) is 14.7. The number of aromatic nitrogens is 2. The second-order valence-electron chi connectivity index (χ2n) is 5.68. The van der Waals surface area contributed by atoms with Gasteiger partial charge >= 0.3 is 0 Å². The van der Waals surface area contributed by atoms with E-state index in [1.807, 2.05) is 14.0 Å². The summed E-state index contributed by atoms with van der Waals surface area (Å²) < 4.78 is 13.4. The third kappa shape index (κ3) is 2.74. The van der Waals surface area contributed by atoms with Crippen LogP contribution in [-0.4, -0.2) is 52.4 Å². The molecule has 0 spiro atoms. The van der Waals surface area contributed by atoms with Gasteiger partial charge in [-0.15, -0.1) is 0 Å². The number of imidazole rings is 1. The van der Waals surface area contributed by atoms with Crippen LogP contribution in [-0.2, 0) is 0 Å². The smallest absolute Gasteiger partial charge is 0.254 e. The number of halogens is 1. The van der Waals surface area contributed by atoms with Gasteiger partial charge in [0.05, 0.1) is 6.04 Å². The van der Waals surface area contributed by atoms with Crippen LogP contribution in [0.4, 0.5) is 4.39 Å². The molecular weight excluding hydrogens is 283 g/mol. The number of aromatic amines is 1. The number of likely N-dealkylation sites (N-methyl/N-ethyl adjacent to an activating group) is 1. The van der Waals surface area contributed by atoms with E-state index >= 15 is 0 Å². The molecule has 1 aliphatic heterocycles. The molecule has 0 aliphatic carbocycles. The molecule has 3 rings (SSSR count). The minimum Gasteiger partial charge on any atom is -0.347 e. The van der Waals surface area contributed by atoms with Crippen molar-refractivity contribution >= 4 is 5.91 Å². The Morgan fingerprint density at radius 2 is 2.23 bits per heavy atom. The first-order valence-corrected chi connectivity index (χ1v) is 7.31. The lowest BCUT2D eigenvalue weighted by atomic mass is 10.1. The van der Waals surface area contributed by atoms with Gasteiger partial charge < -0.3 is 9.88 Å². The van der Waals surface area contributed by atoms with Gasteiger partial charge in [-0.05, 0) is 31.7 Å². The zero-order valence-electron chi connectivity index (χ0n) is 12.7. The largest absolute Gasteiger partial charge is 0.347 e. The van der Waals surface area contributed by atoms with Gasteiger partial charge in [0, 0.05) is 37.6 Å². The summed E-state index contributed by atoms with van der Waals surface area (Å²) in [5.41, 5.74) is 1.22. The molecule has 116 valence electrons. The van der Waals surface area contributed by atoms with Crippen molar-refractivity contribution in [3.63, 3.8) is 0 Å². The lowest BCUT2D eigenvalue weighted by Crippen LogP contribution is -2.49. The molecule has 1 fully saturated rings. The average Bonchev–Trinajstić information content (AvgIpc) is 3.03. The minimum atomic E-state index is -0.384. The molecule has 1 amide bonds. The summed E-state index contributed by atoms with van der Waals surface area (Å²) in [5, 5.41) is 0. The van der Waals surface area contributed by atoms with Crippen molar-refractivity contribution in [2.24, 2.45) is 0 Å². The molecule has 22 heavy (non-hydrogen) atoms. The Morgan fingerprint density at radius 3 is 2.95 bits per heavy atom. The van der Waals surface area contributed by atoms with Crippen LogP contribution in [0.3, 0.4) is 0 Å². The number of hydrogen-bond acceptors (Lipinski definition) is 3. The number of amides is 1. The Morgan fingerprint density at radius 1 is 1.41 bits per heavy atom. The van der Waals surface area contributed by atoms with Gasteiger partial charge in [-0.2, -0.15) is 0 Å². The second-order valence-corrected chi connectivity index (χ2v) is 5.68. The normalized spacial score (nSPS) is 19.4. The summed E-state index contributed by atoms with van der Waals surface area (Å²) in [6, 6.07) is 4.36. The topological polar surface area (TPSA) is 52.2 Å². The summed E-state index contributed by atoms with van der Waals surface area (Å²) in [7, 11) is 2.02. The molecule has 1 aliphatic rings. The van der Waals surface area contributed by atoms with E-state index in [4.69, 9.17) is 0 Å². The van der Waals surface area contributed by atoms with Crippen LogP contribution in [0.5, 0.6) is 0 Å².